The Labute approximate surface area is 201 Å². The lowest BCUT2D eigenvalue weighted by Gasteiger charge is -2.27. The van der Waals surface area contributed by atoms with Crippen LogP contribution in [0.4, 0.5) is 0 Å². The minimum atomic E-state index is -0.331. The van der Waals surface area contributed by atoms with Crippen LogP contribution in [0.3, 0.4) is 0 Å². The van der Waals surface area contributed by atoms with Gasteiger partial charge in [0.15, 0.2) is 34.5 Å². The van der Waals surface area contributed by atoms with E-state index in [2.05, 4.69) is 13.8 Å². The molecule has 0 aliphatic carbocycles. The molecule has 0 atom stereocenters. The van der Waals surface area contributed by atoms with Crippen molar-refractivity contribution in [3.05, 3.63) is 71.8 Å². The number of ketones is 1. The van der Waals surface area contributed by atoms with Gasteiger partial charge in [0.1, 0.15) is 5.78 Å². The molecule has 0 saturated heterocycles. The van der Waals surface area contributed by atoms with Gasteiger partial charge in [-0.05, 0) is 61.4 Å². The van der Waals surface area contributed by atoms with E-state index in [9.17, 15) is 15.0 Å². The highest BCUT2D eigenvalue weighted by Gasteiger charge is 2.25. The Morgan fingerprint density at radius 3 is 1.32 bits per heavy atom. The van der Waals surface area contributed by atoms with E-state index in [4.69, 9.17) is 19.3 Å². The van der Waals surface area contributed by atoms with Crippen molar-refractivity contribution in [2.45, 2.75) is 33.1 Å². The quantitative estimate of drug-likeness (QED) is 0.456. The first-order valence-corrected chi connectivity index (χ1v) is 10.5. The molecule has 0 spiro atoms. The highest BCUT2D eigenvalue weighted by molar-refractivity contribution is 5.72. The molecule has 0 aromatic heterocycles. The molecular formula is C27H34O7. The van der Waals surface area contributed by atoms with Gasteiger partial charge in [0, 0.05) is 5.41 Å². The third-order valence-electron chi connectivity index (χ3n) is 4.89. The van der Waals surface area contributed by atoms with Crippen LogP contribution in [0.5, 0.6) is 34.5 Å². The van der Waals surface area contributed by atoms with Crippen molar-refractivity contribution in [1.82, 2.24) is 0 Å². The Balaban J connectivity index is 0.000000366. The molecule has 0 radical (unpaired) electrons. The molecule has 3 aromatic rings. The number of phenolic OH excluding ortho intramolecular Hbond substituents is 3. The summed E-state index contributed by atoms with van der Waals surface area (Å²) in [5, 5.41) is 28.4. The van der Waals surface area contributed by atoms with Gasteiger partial charge >= 0.3 is 0 Å². The monoisotopic (exact) mass is 470 g/mol. The smallest absolute Gasteiger partial charge is 0.160 e. The Hall–Kier alpha value is -3.87. The van der Waals surface area contributed by atoms with E-state index in [0.717, 1.165) is 11.1 Å². The van der Waals surface area contributed by atoms with Crippen LogP contribution in [0.15, 0.2) is 60.7 Å². The first-order chi connectivity index (χ1) is 16.0. The summed E-state index contributed by atoms with van der Waals surface area (Å²) < 4.78 is 15.1. The lowest BCUT2D eigenvalue weighted by molar-refractivity contribution is -0.115. The van der Waals surface area contributed by atoms with Crippen LogP contribution in [0, 0.1) is 0 Å². The number of ether oxygens (including phenoxy) is 3. The van der Waals surface area contributed by atoms with Gasteiger partial charge in [-0.15, -0.1) is 0 Å². The number of methoxy groups -OCH3 is 3. The molecule has 0 heterocycles. The van der Waals surface area contributed by atoms with Crippen molar-refractivity contribution < 1.29 is 34.3 Å². The summed E-state index contributed by atoms with van der Waals surface area (Å²) in [4.78, 5) is 9.44. The van der Waals surface area contributed by atoms with Crippen LogP contribution >= 0.6 is 0 Å². The highest BCUT2D eigenvalue weighted by atomic mass is 16.5. The highest BCUT2D eigenvalue weighted by Crippen LogP contribution is 2.39. The molecular weight excluding hydrogens is 436 g/mol. The number of hydrogen-bond donors (Lipinski definition) is 3. The summed E-state index contributed by atoms with van der Waals surface area (Å²) >= 11 is 0. The molecule has 184 valence electrons. The zero-order valence-corrected chi connectivity index (χ0v) is 20.7. The summed E-state index contributed by atoms with van der Waals surface area (Å²) in [5.41, 5.74) is 1.65. The van der Waals surface area contributed by atoms with E-state index in [1.807, 2.05) is 24.3 Å². The second-order valence-corrected chi connectivity index (χ2v) is 7.98. The summed E-state index contributed by atoms with van der Waals surface area (Å²) in [5.74, 6) is 1.95. The van der Waals surface area contributed by atoms with Gasteiger partial charge in [-0.1, -0.05) is 38.1 Å². The maximum absolute atomic E-state index is 9.71. The Bertz CT molecular complexity index is 1010. The number of benzene rings is 3. The number of carbonyl (C=O) groups is 1. The number of carbonyl (C=O) groups excluding carboxylic acids is 1. The van der Waals surface area contributed by atoms with Gasteiger partial charge < -0.3 is 34.3 Å². The van der Waals surface area contributed by atoms with E-state index in [-0.39, 0.29) is 28.4 Å². The molecule has 0 fully saturated rings. The standard InChI is InChI=1S/C17H20O4.C7H8O2.C3H6O/c1-17(2,11-5-7-13(18)15(9-11)20-3)12-6-8-14(19)16(10-12)21-4;1-9-7-5-3-2-4-6(7)8;1-3(2)4/h5-10,18-19H,1-4H3;2-5,8H,1H3;1-2H3. The molecule has 3 aromatic carbocycles. The Kier molecular flexibility index (Phi) is 10.8. The van der Waals surface area contributed by atoms with Crippen molar-refractivity contribution in [3.63, 3.8) is 0 Å². The zero-order valence-electron chi connectivity index (χ0n) is 20.7. The minimum absolute atomic E-state index is 0.111. The molecule has 0 amide bonds. The van der Waals surface area contributed by atoms with Crippen molar-refractivity contribution in [3.8, 4) is 34.5 Å². The SMILES string of the molecule is CC(C)=O.COc1cc(C(C)(C)c2ccc(O)c(OC)c2)ccc1O.COc1ccccc1O. The minimum Gasteiger partial charge on any atom is -0.504 e. The van der Waals surface area contributed by atoms with E-state index in [0.29, 0.717) is 17.2 Å². The van der Waals surface area contributed by atoms with E-state index in [1.165, 1.54) is 35.2 Å². The molecule has 34 heavy (non-hydrogen) atoms. The lowest BCUT2D eigenvalue weighted by Crippen LogP contribution is -2.19. The van der Waals surface area contributed by atoms with Gasteiger partial charge in [0.05, 0.1) is 21.3 Å². The fourth-order valence-corrected chi connectivity index (χ4v) is 2.93. The third kappa shape index (κ3) is 7.92. The predicted octanol–water partition coefficient (Wildman–Crippen LogP) is 5.44. The average Bonchev–Trinajstić information content (AvgIpc) is 2.80. The molecule has 3 N–H and O–H groups in total. The number of para-hydroxylation sites is 2. The van der Waals surface area contributed by atoms with Gasteiger partial charge in [-0.3, -0.25) is 0 Å². The van der Waals surface area contributed by atoms with Crippen molar-refractivity contribution >= 4 is 5.78 Å². The maximum atomic E-state index is 9.71. The van der Waals surface area contributed by atoms with Gasteiger partial charge in [0.25, 0.3) is 0 Å². The first-order valence-electron chi connectivity index (χ1n) is 10.5. The molecule has 7 heteroatoms. The number of aromatic hydroxyl groups is 3. The topological polar surface area (TPSA) is 105 Å². The van der Waals surface area contributed by atoms with Gasteiger partial charge in [0.2, 0.25) is 0 Å². The second kappa shape index (κ2) is 13.0. The maximum Gasteiger partial charge on any atom is 0.160 e. The van der Waals surface area contributed by atoms with E-state index in [1.54, 1.807) is 36.4 Å². The Morgan fingerprint density at radius 1 is 0.647 bits per heavy atom. The van der Waals surface area contributed by atoms with Crippen LogP contribution in [-0.4, -0.2) is 42.4 Å². The molecule has 0 unspecified atom stereocenters. The second-order valence-electron chi connectivity index (χ2n) is 7.98. The van der Waals surface area contributed by atoms with Gasteiger partial charge in [-0.2, -0.15) is 0 Å². The summed E-state index contributed by atoms with van der Waals surface area (Å²) in [6.07, 6.45) is 0. The zero-order chi connectivity index (χ0) is 25.9. The summed E-state index contributed by atoms with van der Waals surface area (Å²) in [6.45, 7) is 7.18. The van der Waals surface area contributed by atoms with Crippen molar-refractivity contribution in [2.75, 3.05) is 21.3 Å². The number of hydrogen-bond acceptors (Lipinski definition) is 7. The summed E-state index contributed by atoms with van der Waals surface area (Å²) in [6, 6.07) is 17.4. The Morgan fingerprint density at radius 2 is 1.00 bits per heavy atom. The average molecular weight is 471 g/mol. The third-order valence-corrected chi connectivity index (χ3v) is 4.89. The molecule has 3 rings (SSSR count). The van der Waals surface area contributed by atoms with Crippen LogP contribution in [-0.2, 0) is 10.2 Å². The predicted molar refractivity (Wildman–Crippen MR) is 132 cm³/mol. The van der Waals surface area contributed by atoms with Crippen LogP contribution in [0.2, 0.25) is 0 Å². The van der Waals surface area contributed by atoms with Crippen LogP contribution in [0.1, 0.15) is 38.8 Å². The molecule has 0 aliphatic heterocycles. The molecule has 0 aliphatic rings. The van der Waals surface area contributed by atoms with E-state index < -0.39 is 0 Å². The molecule has 0 saturated carbocycles. The largest absolute Gasteiger partial charge is 0.504 e. The number of Topliss-reactive ketones (excluding diaryl/α,β-unsaturated/α-hetero) is 1. The normalized spacial score (nSPS) is 10.1. The number of phenols is 3. The first kappa shape index (κ1) is 28.2. The van der Waals surface area contributed by atoms with E-state index >= 15 is 0 Å². The van der Waals surface area contributed by atoms with Crippen molar-refractivity contribution in [2.24, 2.45) is 0 Å². The molecule has 7 nitrogen and oxygen atoms in total. The van der Waals surface area contributed by atoms with Crippen LogP contribution < -0.4 is 14.2 Å². The summed E-state index contributed by atoms with van der Waals surface area (Å²) in [7, 11) is 4.57. The lowest BCUT2D eigenvalue weighted by atomic mass is 9.78. The van der Waals surface area contributed by atoms with Crippen molar-refractivity contribution in [1.29, 1.82) is 0 Å². The number of rotatable bonds is 5. The fraction of sp³-hybridized carbons (Fsp3) is 0.296. The van der Waals surface area contributed by atoms with Gasteiger partial charge in [-0.25, -0.2) is 0 Å². The van der Waals surface area contributed by atoms with Crippen LogP contribution in [0.25, 0.3) is 0 Å². The fourth-order valence-electron chi connectivity index (χ4n) is 2.93. The molecule has 0 bridgehead atoms.